The third kappa shape index (κ3) is 5.39. The number of aryl methyl sites for hydroxylation is 1. The third-order valence-electron chi connectivity index (χ3n) is 6.05. The maximum absolute atomic E-state index is 13.2. The average Bonchev–Trinajstić information content (AvgIpc) is 2.77. The molecule has 0 aliphatic carbocycles. The van der Waals surface area contributed by atoms with Crippen LogP contribution in [0, 0.1) is 12.7 Å². The second-order valence-corrected chi connectivity index (χ2v) is 10.3. The summed E-state index contributed by atoms with van der Waals surface area (Å²) in [6, 6.07) is 12.7. The van der Waals surface area contributed by atoms with Crippen molar-refractivity contribution in [3.8, 4) is 5.75 Å². The van der Waals surface area contributed by atoms with Gasteiger partial charge in [-0.15, -0.1) is 0 Å². The van der Waals surface area contributed by atoms with E-state index in [4.69, 9.17) is 4.74 Å². The highest BCUT2D eigenvalue weighted by molar-refractivity contribution is 9.11. The average molecular weight is 579 g/mol. The Morgan fingerprint density at radius 1 is 1.09 bits per heavy atom. The van der Waals surface area contributed by atoms with Gasteiger partial charge < -0.3 is 9.64 Å². The molecule has 2 unspecified atom stereocenters. The van der Waals surface area contributed by atoms with Gasteiger partial charge in [0.2, 0.25) is 0 Å². The van der Waals surface area contributed by atoms with E-state index < -0.39 is 0 Å². The number of pyridine rings is 1. The molecule has 5 nitrogen and oxygen atoms in total. The molecule has 2 atom stereocenters. The monoisotopic (exact) mass is 577 g/mol. The van der Waals surface area contributed by atoms with E-state index in [0.717, 1.165) is 44.2 Å². The zero-order valence-electron chi connectivity index (χ0n) is 18.8. The van der Waals surface area contributed by atoms with E-state index in [0.29, 0.717) is 12.3 Å². The molecule has 1 aliphatic heterocycles. The fraction of sp³-hybridized carbons (Fsp3) is 0.360. The Hall–Kier alpha value is -2.03. The Morgan fingerprint density at radius 2 is 1.82 bits per heavy atom. The molecular formula is C25H26Br2FN3O2. The molecule has 1 saturated heterocycles. The van der Waals surface area contributed by atoms with Crippen LogP contribution < -0.4 is 4.74 Å². The van der Waals surface area contributed by atoms with Crippen molar-refractivity contribution in [3.05, 3.63) is 68.5 Å². The highest BCUT2D eigenvalue weighted by Gasteiger charge is 2.32. The minimum Gasteiger partial charge on any atom is -0.480 e. The molecular weight excluding hydrogens is 553 g/mol. The predicted octanol–water partition coefficient (Wildman–Crippen LogP) is 5.71. The number of benzene rings is 2. The van der Waals surface area contributed by atoms with E-state index in [1.54, 1.807) is 0 Å². The lowest BCUT2D eigenvalue weighted by molar-refractivity contribution is -0.139. The van der Waals surface area contributed by atoms with Gasteiger partial charge in [0.25, 0.3) is 5.91 Å². The van der Waals surface area contributed by atoms with Crippen molar-refractivity contribution in [3.63, 3.8) is 0 Å². The maximum atomic E-state index is 13.2. The number of aromatic nitrogens is 1. The van der Waals surface area contributed by atoms with E-state index in [1.807, 2.05) is 42.2 Å². The SMILES string of the molecule is Cc1ccc2c(Br)cc(Br)c(OCC(=O)N3CC(C)N(Cc4ccc(F)cc4)CC3C)c2n1. The van der Waals surface area contributed by atoms with Gasteiger partial charge in [-0.3, -0.25) is 9.69 Å². The summed E-state index contributed by atoms with van der Waals surface area (Å²) < 4.78 is 20.9. The number of halogens is 3. The van der Waals surface area contributed by atoms with Crippen molar-refractivity contribution in [2.24, 2.45) is 0 Å². The van der Waals surface area contributed by atoms with Crippen LogP contribution in [0.1, 0.15) is 25.1 Å². The van der Waals surface area contributed by atoms with Gasteiger partial charge in [-0.2, -0.15) is 0 Å². The standard InChI is InChI=1S/C25H26Br2FN3O2/c1-15-4-9-20-21(26)10-22(27)25(24(20)29-15)33-14-23(32)31-12-16(2)30(11-17(31)3)13-18-5-7-19(28)8-6-18/h4-10,16-17H,11-14H2,1-3H3. The summed E-state index contributed by atoms with van der Waals surface area (Å²) in [5, 5.41) is 0.933. The molecule has 33 heavy (non-hydrogen) atoms. The number of ether oxygens (including phenoxy) is 1. The van der Waals surface area contributed by atoms with E-state index in [2.05, 4.69) is 55.6 Å². The number of piperazine rings is 1. The highest BCUT2D eigenvalue weighted by Crippen LogP contribution is 2.37. The van der Waals surface area contributed by atoms with E-state index in [1.165, 1.54) is 12.1 Å². The van der Waals surface area contributed by atoms with Crippen molar-refractivity contribution in [2.75, 3.05) is 19.7 Å². The quantitative estimate of drug-likeness (QED) is 0.389. The van der Waals surface area contributed by atoms with Crippen LogP contribution in [0.2, 0.25) is 0 Å². The smallest absolute Gasteiger partial charge is 0.260 e. The first-order chi connectivity index (χ1) is 15.7. The van der Waals surface area contributed by atoms with Crippen LogP contribution in [0.3, 0.4) is 0 Å². The molecule has 8 heteroatoms. The lowest BCUT2D eigenvalue weighted by atomic mass is 10.1. The van der Waals surface area contributed by atoms with Crippen molar-refractivity contribution in [1.29, 1.82) is 0 Å². The zero-order valence-corrected chi connectivity index (χ0v) is 22.0. The molecule has 2 aromatic carbocycles. The molecule has 0 bridgehead atoms. The molecule has 3 aromatic rings. The fourth-order valence-electron chi connectivity index (χ4n) is 4.23. The zero-order chi connectivity index (χ0) is 23.7. The second-order valence-electron chi connectivity index (χ2n) is 8.61. The molecule has 1 fully saturated rings. The van der Waals surface area contributed by atoms with Crippen LogP contribution in [-0.4, -0.2) is 52.5 Å². The number of hydrogen-bond acceptors (Lipinski definition) is 4. The Morgan fingerprint density at radius 3 is 2.55 bits per heavy atom. The number of nitrogens with zero attached hydrogens (tertiary/aromatic N) is 3. The third-order valence-corrected chi connectivity index (χ3v) is 7.30. The highest BCUT2D eigenvalue weighted by atomic mass is 79.9. The normalized spacial score (nSPS) is 19.2. The molecule has 1 aromatic heterocycles. The number of carbonyl (C=O) groups is 1. The number of fused-ring (bicyclic) bond motifs is 1. The van der Waals surface area contributed by atoms with Crippen molar-refractivity contribution >= 4 is 48.7 Å². The number of rotatable bonds is 5. The fourth-order valence-corrected chi connectivity index (χ4v) is 5.62. The topological polar surface area (TPSA) is 45.7 Å². The Bertz CT molecular complexity index is 1170. The first kappa shape index (κ1) is 24.1. The van der Waals surface area contributed by atoms with Gasteiger partial charge in [0.15, 0.2) is 12.4 Å². The van der Waals surface area contributed by atoms with Crippen molar-refractivity contribution in [2.45, 2.75) is 39.4 Å². The predicted molar refractivity (Wildman–Crippen MR) is 135 cm³/mol. The van der Waals surface area contributed by atoms with Crippen molar-refractivity contribution in [1.82, 2.24) is 14.8 Å². The van der Waals surface area contributed by atoms with Crippen LogP contribution in [0.5, 0.6) is 5.75 Å². The van der Waals surface area contributed by atoms with Gasteiger partial charge >= 0.3 is 0 Å². The summed E-state index contributed by atoms with van der Waals surface area (Å²) in [6.45, 7) is 8.13. The largest absolute Gasteiger partial charge is 0.480 e. The molecule has 1 amide bonds. The van der Waals surface area contributed by atoms with Gasteiger partial charge in [0.1, 0.15) is 11.3 Å². The van der Waals surface area contributed by atoms with E-state index >= 15 is 0 Å². The summed E-state index contributed by atoms with van der Waals surface area (Å²) in [5.41, 5.74) is 2.66. The molecule has 0 N–H and O–H groups in total. The molecule has 0 spiro atoms. The van der Waals surface area contributed by atoms with Gasteiger partial charge in [-0.05, 0) is 72.6 Å². The number of hydrogen-bond donors (Lipinski definition) is 0. The first-order valence-electron chi connectivity index (χ1n) is 10.9. The molecule has 0 saturated carbocycles. The van der Waals surface area contributed by atoms with E-state index in [9.17, 15) is 9.18 Å². The number of carbonyl (C=O) groups excluding carboxylic acids is 1. The molecule has 1 aliphatic rings. The first-order valence-corrected chi connectivity index (χ1v) is 12.5. The Kier molecular flexibility index (Phi) is 7.36. The Labute approximate surface area is 210 Å². The minimum atomic E-state index is -0.230. The lowest BCUT2D eigenvalue weighted by Crippen LogP contribution is -2.58. The van der Waals surface area contributed by atoms with Gasteiger partial charge in [-0.25, -0.2) is 9.37 Å². The lowest BCUT2D eigenvalue weighted by Gasteiger charge is -2.44. The van der Waals surface area contributed by atoms with Gasteiger partial charge in [0, 0.05) is 47.3 Å². The summed E-state index contributed by atoms with van der Waals surface area (Å²) in [4.78, 5) is 22.0. The van der Waals surface area contributed by atoms with Crippen LogP contribution in [0.25, 0.3) is 10.9 Å². The molecule has 2 heterocycles. The molecule has 0 radical (unpaired) electrons. The van der Waals surface area contributed by atoms with Gasteiger partial charge in [-0.1, -0.05) is 28.1 Å². The van der Waals surface area contributed by atoms with E-state index in [-0.39, 0.29) is 30.4 Å². The van der Waals surface area contributed by atoms with Crippen LogP contribution in [-0.2, 0) is 11.3 Å². The molecule has 174 valence electrons. The van der Waals surface area contributed by atoms with Crippen molar-refractivity contribution < 1.29 is 13.9 Å². The summed E-state index contributed by atoms with van der Waals surface area (Å²) in [5.74, 6) is 0.290. The molecule has 4 rings (SSSR count). The maximum Gasteiger partial charge on any atom is 0.260 e. The number of amides is 1. The second kappa shape index (κ2) is 10.1. The summed E-state index contributed by atoms with van der Waals surface area (Å²) in [7, 11) is 0. The van der Waals surface area contributed by atoms with Crippen LogP contribution in [0.15, 0.2) is 51.4 Å². The van der Waals surface area contributed by atoms with Gasteiger partial charge in [0.05, 0.1) is 4.47 Å². The Balaban J connectivity index is 1.43. The summed E-state index contributed by atoms with van der Waals surface area (Å²) >= 11 is 7.13. The van der Waals surface area contributed by atoms with Crippen LogP contribution in [0.4, 0.5) is 4.39 Å². The summed E-state index contributed by atoms with van der Waals surface area (Å²) in [6.07, 6.45) is 0. The van der Waals surface area contributed by atoms with Crippen LogP contribution >= 0.6 is 31.9 Å². The minimum absolute atomic E-state index is 0.0446.